The second-order valence-corrected chi connectivity index (χ2v) is 4.18. The zero-order chi connectivity index (χ0) is 12.8. The minimum Gasteiger partial charge on any atom is -0.398 e. The average Bonchev–Trinajstić information content (AvgIpc) is 2.35. The summed E-state index contributed by atoms with van der Waals surface area (Å²) in [6.45, 7) is 8.10. The Hall–Kier alpha value is -1.96. The largest absolute Gasteiger partial charge is 0.398 e. The molecular formula is C15H20N2. The van der Waals surface area contributed by atoms with Crippen molar-refractivity contribution in [2.75, 3.05) is 12.4 Å². The Morgan fingerprint density at radius 2 is 2.00 bits per heavy atom. The highest BCUT2D eigenvalue weighted by Gasteiger charge is 2.01. The van der Waals surface area contributed by atoms with Crippen molar-refractivity contribution < 1.29 is 0 Å². The summed E-state index contributed by atoms with van der Waals surface area (Å²) in [7, 11) is 1.89. The first-order valence-corrected chi connectivity index (χ1v) is 5.62. The molecule has 0 radical (unpaired) electrons. The molecule has 2 nitrogen and oxygen atoms in total. The molecule has 0 aliphatic heterocycles. The lowest BCUT2D eigenvalue weighted by Crippen LogP contribution is -2.00. The van der Waals surface area contributed by atoms with Crippen LogP contribution in [0.4, 0.5) is 5.69 Å². The molecule has 0 saturated carbocycles. The summed E-state index contributed by atoms with van der Waals surface area (Å²) >= 11 is 0. The van der Waals surface area contributed by atoms with Crippen LogP contribution in [0.15, 0.2) is 54.3 Å². The van der Waals surface area contributed by atoms with Gasteiger partial charge >= 0.3 is 0 Å². The van der Waals surface area contributed by atoms with Crippen molar-refractivity contribution in [2.24, 2.45) is 5.73 Å². The predicted molar refractivity (Wildman–Crippen MR) is 76.7 cm³/mol. The van der Waals surface area contributed by atoms with E-state index in [-0.39, 0.29) is 0 Å². The van der Waals surface area contributed by atoms with Crippen LogP contribution in [0.1, 0.15) is 19.4 Å². The van der Waals surface area contributed by atoms with E-state index >= 15 is 0 Å². The lowest BCUT2D eigenvalue weighted by Gasteiger charge is -2.08. The van der Waals surface area contributed by atoms with Gasteiger partial charge in [0, 0.05) is 18.4 Å². The first-order valence-electron chi connectivity index (χ1n) is 5.62. The summed E-state index contributed by atoms with van der Waals surface area (Å²) in [5.41, 5.74) is 10.8. The number of rotatable bonds is 4. The summed E-state index contributed by atoms with van der Waals surface area (Å²) in [4.78, 5) is 0. The van der Waals surface area contributed by atoms with Crippen LogP contribution in [-0.2, 0) is 0 Å². The molecule has 0 fully saturated rings. The summed E-state index contributed by atoms with van der Waals surface area (Å²) < 4.78 is 0. The highest BCUT2D eigenvalue weighted by Crippen LogP contribution is 2.21. The molecule has 0 aliphatic rings. The van der Waals surface area contributed by atoms with Crippen LogP contribution in [-0.4, -0.2) is 7.05 Å². The molecule has 1 aromatic rings. The summed E-state index contributed by atoms with van der Waals surface area (Å²) in [5.74, 6) is 0. The SMILES string of the molecule is C=C(/C(N)=C\C=C(C)C)c1cccc(NC)c1. The van der Waals surface area contributed by atoms with Gasteiger partial charge in [0.1, 0.15) is 0 Å². The molecule has 2 heteroatoms. The normalized spacial score (nSPS) is 10.9. The fourth-order valence-corrected chi connectivity index (χ4v) is 1.39. The van der Waals surface area contributed by atoms with E-state index in [2.05, 4.69) is 11.9 Å². The molecule has 0 atom stereocenters. The van der Waals surface area contributed by atoms with Gasteiger partial charge in [0.25, 0.3) is 0 Å². The van der Waals surface area contributed by atoms with E-state index in [1.54, 1.807) is 0 Å². The first kappa shape index (κ1) is 13.1. The van der Waals surface area contributed by atoms with Crippen molar-refractivity contribution >= 4 is 11.3 Å². The van der Waals surface area contributed by atoms with Crippen LogP contribution in [0.25, 0.3) is 5.57 Å². The van der Waals surface area contributed by atoms with Crippen molar-refractivity contribution in [1.82, 2.24) is 0 Å². The quantitative estimate of drug-likeness (QED) is 0.773. The third kappa shape index (κ3) is 3.83. The van der Waals surface area contributed by atoms with Gasteiger partial charge in [0.05, 0.1) is 0 Å². The van der Waals surface area contributed by atoms with Crippen LogP contribution in [0.5, 0.6) is 0 Å². The molecule has 17 heavy (non-hydrogen) atoms. The second-order valence-electron chi connectivity index (χ2n) is 4.18. The summed E-state index contributed by atoms with van der Waals surface area (Å²) in [6.07, 6.45) is 3.88. The molecule has 0 unspecified atom stereocenters. The van der Waals surface area contributed by atoms with Crippen LogP contribution in [0.3, 0.4) is 0 Å². The number of benzene rings is 1. The van der Waals surface area contributed by atoms with Crippen molar-refractivity contribution in [3.05, 3.63) is 59.8 Å². The van der Waals surface area contributed by atoms with E-state index in [9.17, 15) is 0 Å². The Kier molecular flexibility index (Phi) is 4.58. The van der Waals surface area contributed by atoms with Crippen molar-refractivity contribution in [3.63, 3.8) is 0 Å². The Morgan fingerprint density at radius 3 is 2.59 bits per heavy atom. The monoisotopic (exact) mass is 228 g/mol. The van der Waals surface area contributed by atoms with Gasteiger partial charge < -0.3 is 11.1 Å². The Balaban J connectivity index is 2.96. The van der Waals surface area contributed by atoms with E-state index in [0.717, 1.165) is 16.8 Å². The first-order chi connectivity index (χ1) is 8.04. The maximum Gasteiger partial charge on any atom is 0.0387 e. The number of anilines is 1. The zero-order valence-electron chi connectivity index (χ0n) is 10.7. The van der Waals surface area contributed by atoms with Gasteiger partial charge in [-0.2, -0.15) is 0 Å². The van der Waals surface area contributed by atoms with Crippen LogP contribution in [0, 0.1) is 0 Å². The van der Waals surface area contributed by atoms with E-state index in [4.69, 9.17) is 5.73 Å². The van der Waals surface area contributed by atoms with E-state index < -0.39 is 0 Å². The molecule has 3 N–H and O–H groups in total. The molecule has 1 aromatic carbocycles. The fourth-order valence-electron chi connectivity index (χ4n) is 1.39. The predicted octanol–water partition coefficient (Wildman–Crippen LogP) is 3.55. The molecule has 0 aromatic heterocycles. The number of hydrogen-bond donors (Lipinski definition) is 2. The van der Waals surface area contributed by atoms with E-state index in [1.807, 2.05) is 57.3 Å². The second kappa shape index (κ2) is 5.94. The highest BCUT2D eigenvalue weighted by atomic mass is 14.8. The lowest BCUT2D eigenvalue weighted by atomic mass is 10.0. The topological polar surface area (TPSA) is 38.0 Å². The molecule has 0 amide bonds. The fraction of sp³-hybridized carbons (Fsp3) is 0.200. The minimum absolute atomic E-state index is 0.694. The third-order valence-corrected chi connectivity index (χ3v) is 2.44. The van der Waals surface area contributed by atoms with Gasteiger partial charge in [-0.05, 0) is 43.2 Å². The third-order valence-electron chi connectivity index (χ3n) is 2.44. The molecule has 90 valence electrons. The van der Waals surface area contributed by atoms with E-state index in [1.165, 1.54) is 5.57 Å². The maximum atomic E-state index is 5.99. The molecule has 0 aliphatic carbocycles. The van der Waals surface area contributed by atoms with E-state index in [0.29, 0.717) is 5.70 Å². The molecule has 0 heterocycles. The smallest absolute Gasteiger partial charge is 0.0387 e. The highest BCUT2D eigenvalue weighted by molar-refractivity contribution is 5.78. The van der Waals surface area contributed by atoms with Crippen LogP contribution in [0.2, 0.25) is 0 Å². The molecule has 1 rings (SSSR count). The number of hydrogen-bond acceptors (Lipinski definition) is 2. The molecule has 0 bridgehead atoms. The summed E-state index contributed by atoms with van der Waals surface area (Å²) in [5, 5.41) is 3.10. The number of allylic oxidation sites excluding steroid dienone is 4. The van der Waals surface area contributed by atoms with Gasteiger partial charge in [-0.15, -0.1) is 0 Å². The van der Waals surface area contributed by atoms with Gasteiger partial charge in [-0.3, -0.25) is 0 Å². The molecule has 0 spiro atoms. The Bertz CT molecular complexity index is 464. The average molecular weight is 228 g/mol. The Morgan fingerprint density at radius 1 is 1.29 bits per heavy atom. The van der Waals surface area contributed by atoms with Crippen molar-refractivity contribution in [1.29, 1.82) is 0 Å². The number of nitrogens with two attached hydrogens (primary N) is 1. The van der Waals surface area contributed by atoms with Crippen molar-refractivity contribution in [2.45, 2.75) is 13.8 Å². The van der Waals surface area contributed by atoms with Crippen LogP contribution >= 0.6 is 0 Å². The van der Waals surface area contributed by atoms with Gasteiger partial charge in [0.15, 0.2) is 0 Å². The maximum absolute atomic E-state index is 5.99. The summed E-state index contributed by atoms with van der Waals surface area (Å²) in [6, 6.07) is 8.03. The minimum atomic E-state index is 0.694. The zero-order valence-corrected chi connectivity index (χ0v) is 10.7. The standard InChI is InChI=1S/C15H20N2/c1-11(2)8-9-15(16)12(3)13-6-5-7-14(10-13)17-4/h5-10,17H,3,16H2,1-2,4H3/b15-9+. The Labute approximate surface area is 104 Å². The molecule has 0 saturated heterocycles. The van der Waals surface area contributed by atoms with Gasteiger partial charge in [-0.25, -0.2) is 0 Å². The molecular weight excluding hydrogens is 208 g/mol. The van der Waals surface area contributed by atoms with Crippen molar-refractivity contribution in [3.8, 4) is 0 Å². The van der Waals surface area contributed by atoms with Gasteiger partial charge in [-0.1, -0.05) is 30.4 Å². The lowest BCUT2D eigenvalue weighted by molar-refractivity contribution is 1.37. The van der Waals surface area contributed by atoms with Crippen LogP contribution < -0.4 is 11.1 Å². The number of nitrogens with one attached hydrogen (secondary N) is 1. The van der Waals surface area contributed by atoms with Gasteiger partial charge in [0.2, 0.25) is 0 Å².